The smallest absolute Gasteiger partial charge is 0.269 e. The van der Waals surface area contributed by atoms with Crippen molar-refractivity contribution in [2.75, 3.05) is 6.61 Å². The van der Waals surface area contributed by atoms with Crippen molar-refractivity contribution >= 4 is 5.91 Å². The molecule has 21 heavy (non-hydrogen) atoms. The Kier molecular flexibility index (Phi) is 3.96. The number of halogens is 1. The maximum Gasteiger partial charge on any atom is 0.269 e. The average molecular weight is 289 g/mol. The molecule has 2 aromatic rings. The average Bonchev–Trinajstić information content (AvgIpc) is 3.19. The number of carbonyl (C=O) groups excluding carboxylic acids is 1. The normalized spacial score (nSPS) is 19.4. The molecule has 0 bridgehead atoms. The largest absolute Gasteiger partial charge is 0.376 e. The number of nitrogens with one attached hydrogen (secondary N) is 2. The zero-order valence-corrected chi connectivity index (χ0v) is 11.4. The summed E-state index contributed by atoms with van der Waals surface area (Å²) in [5, 5.41) is 9.34. The fraction of sp³-hybridized carbons (Fsp3) is 0.333. The van der Waals surface area contributed by atoms with E-state index in [1.807, 2.05) is 0 Å². The molecule has 0 aliphatic carbocycles. The number of amides is 1. The Morgan fingerprint density at radius 3 is 2.81 bits per heavy atom. The van der Waals surface area contributed by atoms with E-state index in [9.17, 15) is 9.18 Å². The molecule has 1 aliphatic heterocycles. The van der Waals surface area contributed by atoms with Crippen molar-refractivity contribution in [1.82, 2.24) is 15.5 Å². The maximum absolute atomic E-state index is 13.1. The van der Waals surface area contributed by atoms with E-state index in [2.05, 4.69) is 15.5 Å². The molecule has 2 N–H and O–H groups in total. The van der Waals surface area contributed by atoms with Gasteiger partial charge in [0, 0.05) is 12.8 Å². The van der Waals surface area contributed by atoms with Gasteiger partial charge in [-0.15, -0.1) is 0 Å². The molecule has 1 aromatic heterocycles. The molecule has 0 unspecified atom stereocenters. The van der Waals surface area contributed by atoms with E-state index < -0.39 is 0 Å². The quantitative estimate of drug-likeness (QED) is 0.906. The Morgan fingerprint density at radius 1 is 1.38 bits per heavy atom. The number of carbonyl (C=O) groups is 1. The van der Waals surface area contributed by atoms with Crippen LogP contribution in [0.3, 0.4) is 0 Å². The number of benzene rings is 1. The van der Waals surface area contributed by atoms with Gasteiger partial charge in [-0.2, -0.15) is 5.10 Å². The minimum atomic E-state index is -0.302. The summed E-state index contributed by atoms with van der Waals surface area (Å²) in [7, 11) is 0. The van der Waals surface area contributed by atoms with Crippen molar-refractivity contribution in [2.45, 2.75) is 25.0 Å². The topological polar surface area (TPSA) is 67.0 Å². The molecular formula is C15H16FN3O2. The van der Waals surface area contributed by atoms with E-state index in [-0.39, 0.29) is 23.9 Å². The maximum atomic E-state index is 13.1. The van der Waals surface area contributed by atoms with Gasteiger partial charge in [0.25, 0.3) is 5.91 Å². The molecule has 0 radical (unpaired) electrons. The highest BCUT2D eigenvalue weighted by Crippen LogP contribution is 2.27. The van der Waals surface area contributed by atoms with E-state index >= 15 is 0 Å². The van der Waals surface area contributed by atoms with Gasteiger partial charge in [0.15, 0.2) is 0 Å². The molecule has 3 rings (SSSR count). The summed E-state index contributed by atoms with van der Waals surface area (Å²) in [6.07, 6.45) is 3.25. The molecule has 1 aromatic carbocycles. The first-order valence-electron chi connectivity index (χ1n) is 6.91. The van der Waals surface area contributed by atoms with Crippen LogP contribution in [0.1, 0.15) is 34.9 Å². The zero-order chi connectivity index (χ0) is 14.7. The molecule has 0 saturated carbocycles. The molecule has 1 aliphatic rings. The highest BCUT2D eigenvalue weighted by atomic mass is 19.1. The SMILES string of the molecule is O=C(N[C@@H](c1ccc(F)cc1)[C@@H]1CCCO1)c1ccn[nH]1. The zero-order valence-electron chi connectivity index (χ0n) is 11.4. The van der Waals surface area contributed by atoms with E-state index in [4.69, 9.17) is 4.74 Å². The number of rotatable bonds is 4. The molecule has 0 spiro atoms. The van der Waals surface area contributed by atoms with E-state index in [1.165, 1.54) is 18.3 Å². The Morgan fingerprint density at radius 2 is 2.19 bits per heavy atom. The predicted octanol–water partition coefficient (Wildman–Crippen LogP) is 2.20. The first-order chi connectivity index (χ1) is 10.2. The number of H-pyrrole nitrogens is 1. The first-order valence-corrected chi connectivity index (χ1v) is 6.91. The number of hydrogen-bond donors (Lipinski definition) is 2. The van der Waals surface area contributed by atoms with Gasteiger partial charge < -0.3 is 10.1 Å². The fourth-order valence-corrected chi connectivity index (χ4v) is 2.53. The van der Waals surface area contributed by atoms with Crippen molar-refractivity contribution in [3.05, 3.63) is 53.6 Å². The van der Waals surface area contributed by atoms with Crippen LogP contribution in [-0.2, 0) is 4.74 Å². The Hall–Kier alpha value is -2.21. The van der Waals surface area contributed by atoms with Crippen LogP contribution in [0.4, 0.5) is 4.39 Å². The van der Waals surface area contributed by atoms with Crippen LogP contribution in [0.5, 0.6) is 0 Å². The van der Waals surface area contributed by atoms with Gasteiger partial charge in [0.1, 0.15) is 11.5 Å². The number of ether oxygens (including phenoxy) is 1. The monoisotopic (exact) mass is 289 g/mol. The van der Waals surface area contributed by atoms with Crippen molar-refractivity contribution in [2.24, 2.45) is 0 Å². The van der Waals surface area contributed by atoms with Gasteiger partial charge in [-0.25, -0.2) is 4.39 Å². The lowest BCUT2D eigenvalue weighted by Gasteiger charge is -2.24. The predicted molar refractivity (Wildman–Crippen MR) is 74.2 cm³/mol. The molecule has 1 saturated heterocycles. The standard InChI is InChI=1S/C15H16FN3O2/c16-11-5-3-10(4-6-11)14(13-2-1-9-21-13)18-15(20)12-7-8-17-19-12/h3-8,13-14H,1-2,9H2,(H,17,19)(H,18,20)/t13-,14-/m0/s1. The first kappa shape index (κ1) is 13.8. The third kappa shape index (κ3) is 3.11. The van der Waals surface area contributed by atoms with Gasteiger partial charge in [-0.05, 0) is 36.6 Å². The molecule has 2 atom stereocenters. The number of nitrogens with zero attached hydrogens (tertiary/aromatic N) is 1. The van der Waals surface area contributed by atoms with Crippen LogP contribution in [0, 0.1) is 5.82 Å². The fourth-order valence-electron chi connectivity index (χ4n) is 2.53. The summed E-state index contributed by atoms with van der Waals surface area (Å²) in [5.41, 5.74) is 1.22. The molecule has 6 heteroatoms. The van der Waals surface area contributed by atoms with Crippen LogP contribution in [-0.4, -0.2) is 28.8 Å². The summed E-state index contributed by atoms with van der Waals surface area (Å²) in [5.74, 6) is -0.554. The highest BCUT2D eigenvalue weighted by molar-refractivity contribution is 5.92. The van der Waals surface area contributed by atoms with E-state index in [0.717, 1.165) is 18.4 Å². The summed E-state index contributed by atoms with van der Waals surface area (Å²) >= 11 is 0. The van der Waals surface area contributed by atoms with Gasteiger partial charge >= 0.3 is 0 Å². The molecule has 5 nitrogen and oxygen atoms in total. The third-order valence-electron chi connectivity index (χ3n) is 3.60. The molecule has 110 valence electrons. The Balaban J connectivity index is 1.82. The van der Waals surface area contributed by atoms with Crippen LogP contribution in [0.2, 0.25) is 0 Å². The van der Waals surface area contributed by atoms with Crippen molar-refractivity contribution < 1.29 is 13.9 Å². The van der Waals surface area contributed by atoms with Gasteiger partial charge in [0.05, 0.1) is 12.1 Å². The van der Waals surface area contributed by atoms with Crippen LogP contribution in [0.25, 0.3) is 0 Å². The molecular weight excluding hydrogens is 273 g/mol. The van der Waals surface area contributed by atoms with E-state index in [0.29, 0.717) is 12.3 Å². The molecule has 1 fully saturated rings. The molecule has 1 amide bonds. The second-order valence-corrected chi connectivity index (χ2v) is 5.02. The minimum Gasteiger partial charge on any atom is -0.376 e. The second-order valence-electron chi connectivity index (χ2n) is 5.02. The van der Waals surface area contributed by atoms with Crippen molar-refractivity contribution in [3.63, 3.8) is 0 Å². The Bertz CT molecular complexity index is 592. The molecule has 2 heterocycles. The van der Waals surface area contributed by atoms with Crippen molar-refractivity contribution in [1.29, 1.82) is 0 Å². The third-order valence-corrected chi connectivity index (χ3v) is 3.60. The lowest BCUT2D eigenvalue weighted by Crippen LogP contribution is -2.36. The van der Waals surface area contributed by atoms with Gasteiger partial charge in [-0.1, -0.05) is 12.1 Å². The highest BCUT2D eigenvalue weighted by Gasteiger charge is 2.29. The van der Waals surface area contributed by atoms with Gasteiger partial charge in [-0.3, -0.25) is 9.89 Å². The summed E-state index contributed by atoms with van der Waals surface area (Å²) in [6, 6.07) is 7.43. The van der Waals surface area contributed by atoms with E-state index in [1.54, 1.807) is 18.2 Å². The second kappa shape index (κ2) is 6.05. The number of hydrogen-bond acceptors (Lipinski definition) is 3. The minimum absolute atomic E-state index is 0.0951. The van der Waals surface area contributed by atoms with Crippen LogP contribution >= 0.6 is 0 Å². The number of aromatic amines is 1. The van der Waals surface area contributed by atoms with Gasteiger partial charge in [0.2, 0.25) is 0 Å². The number of aromatic nitrogens is 2. The Labute approximate surface area is 121 Å². The lowest BCUT2D eigenvalue weighted by molar-refractivity contribution is 0.0669. The summed E-state index contributed by atoms with van der Waals surface area (Å²) in [6.45, 7) is 0.683. The van der Waals surface area contributed by atoms with Crippen LogP contribution in [0.15, 0.2) is 36.5 Å². The van der Waals surface area contributed by atoms with Crippen molar-refractivity contribution in [3.8, 4) is 0 Å². The lowest BCUT2D eigenvalue weighted by atomic mass is 9.99. The summed E-state index contributed by atoms with van der Waals surface area (Å²) < 4.78 is 18.8. The summed E-state index contributed by atoms with van der Waals surface area (Å²) in [4.78, 5) is 12.2. The van der Waals surface area contributed by atoms with Crippen LogP contribution < -0.4 is 5.32 Å².